The maximum Gasteiger partial charge on any atom is 0.261 e. The van der Waals surface area contributed by atoms with Gasteiger partial charge in [0.05, 0.1) is 11.1 Å². The Kier molecular flexibility index (Phi) is 6.39. The van der Waals surface area contributed by atoms with Crippen LogP contribution in [-0.4, -0.2) is 52.6 Å². The molecular weight excluding hydrogens is 418 g/mol. The zero-order valence-corrected chi connectivity index (χ0v) is 19.8. The Morgan fingerprint density at radius 1 is 1.16 bits per heavy atom. The summed E-state index contributed by atoms with van der Waals surface area (Å²) >= 11 is 1.45. The molecule has 7 heteroatoms. The topological polar surface area (TPSA) is 62.5 Å². The molecule has 0 unspecified atom stereocenters. The van der Waals surface area contributed by atoms with E-state index in [0.717, 1.165) is 35.3 Å². The Labute approximate surface area is 192 Å². The van der Waals surface area contributed by atoms with Gasteiger partial charge >= 0.3 is 0 Å². The molecule has 3 heterocycles. The number of nitrogens with one attached hydrogen (secondary N) is 1. The summed E-state index contributed by atoms with van der Waals surface area (Å²) in [6.45, 7) is 5.85. The average Bonchev–Trinajstić information content (AvgIpc) is 3.39. The van der Waals surface area contributed by atoms with Gasteiger partial charge in [0.25, 0.3) is 5.91 Å². The van der Waals surface area contributed by atoms with Crippen molar-refractivity contribution in [1.29, 1.82) is 0 Å². The number of carbonyl (C=O) groups is 1. The fourth-order valence-electron chi connectivity index (χ4n) is 3.94. The quantitative estimate of drug-likeness (QED) is 0.436. The molecule has 0 aliphatic rings. The lowest BCUT2D eigenvalue weighted by Crippen LogP contribution is -2.39. The lowest BCUT2D eigenvalue weighted by Gasteiger charge is -2.28. The van der Waals surface area contributed by atoms with Gasteiger partial charge in [-0.3, -0.25) is 4.79 Å². The number of aromatic nitrogens is 3. The first kappa shape index (κ1) is 22.2. The van der Waals surface area contributed by atoms with Gasteiger partial charge < -0.3 is 10.2 Å². The number of benzene rings is 1. The van der Waals surface area contributed by atoms with Crippen LogP contribution in [0.25, 0.3) is 16.8 Å². The molecule has 1 amide bonds. The first-order valence-electron chi connectivity index (χ1n) is 10.7. The number of rotatable bonds is 8. The van der Waals surface area contributed by atoms with Crippen LogP contribution in [-0.2, 0) is 6.42 Å². The molecular formula is C25H29N5OS. The SMILES string of the molecule is CN(C)CC(C)(C)CNC(=O)c1cc(-c2cnc3c(Cc4ccccc4)cnn3c2)cs1. The number of hydrogen-bond donors (Lipinski definition) is 1. The highest BCUT2D eigenvalue weighted by Gasteiger charge is 2.21. The van der Waals surface area contributed by atoms with Crippen LogP contribution in [0.3, 0.4) is 0 Å². The molecule has 0 saturated carbocycles. The van der Waals surface area contributed by atoms with E-state index in [1.165, 1.54) is 16.9 Å². The number of amides is 1. The van der Waals surface area contributed by atoms with Crippen molar-refractivity contribution in [2.24, 2.45) is 5.41 Å². The normalized spacial score (nSPS) is 11.9. The first-order valence-corrected chi connectivity index (χ1v) is 11.6. The predicted molar refractivity (Wildman–Crippen MR) is 130 cm³/mol. The Hall–Kier alpha value is -3.03. The van der Waals surface area contributed by atoms with E-state index < -0.39 is 0 Å². The van der Waals surface area contributed by atoms with Gasteiger partial charge in [-0.2, -0.15) is 5.10 Å². The standard InChI is InChI=1S/C25H29N5OS/c1-25(2,17-29(3)4)16-27-24(31)22-11-20(15-32-22)21-12-26-23-19(13-28-30(23)14-21)10-18-8-6-5-7-9-18/h5-9,11-15H,10,16-17H2,1-4H3,(H,27,31). The van der Waals surface area contributed by atoms with Crippen LogP contribution >= 0.6 is 11.3 Å². The van der Waals surface area contributed by atoms with Gasteiger partial charge in [-0.05, 0) is 42.1 Å². The second-order valence-corrected chi connectivity index (χ2v) is 10.1. The summed E-state index contributed by atoms with van der Waals surface area (Å²) in [5.41, 5.74) is 5.10. The summed E-state index contributed by atoms with van der Waals surface area (Å²) in [4.78, 5) is 20.2. The summed E-state index contributed by atoms with van der Waals surface area (Å²) < 4.78 is 1.81. The third-order valence-electron chi connectivity index (χ3n) is 5.30. The largest absolute Gasteiger partial charge is 0.351 e. The molecule has 1 N–H and O–H groups in total. The fraction of sp³-hybridized carbons (Fsp3) is 0.320. The van der Waals surface area contributed by atoms with Crippen molar-refractivity contribution in [1.82, 2.24) is 24.8 Å². The molecule has 0 radical (unpaired) electrons. The molecule has 4 aromatic rings. The zero-order chi connectivity index (χ0) is 22.7. The van der Waals surface area contributed by atoms with Crippen molar-refractivity contribution < 1.29 is 4.79 Å². The minimum Gasteiger partial charge on any atom is -0.351 e. The van der Waals surface area contributed by atoms with Crippen LogP contribution in [0.2, 0.25) is 0 Å². The van der Waals surface area contributed by atoms with Crippen molar-refractivity contribution in [2.45, 2.75) is 20.3 Å². The molecule has 0 bridgehead atoms. The summed E-state index contributed by atoms with van der Waals surface area (Å²) in [6, 6.07) is 12.2. The Bertz CT molecular complexity index is 1210. The fourth-order valence-corrected chi connectivity index (χ4v) is 4.77. The second kappa shape index (κ2) is 9.22. The third kappa shape index (κ3) is 5.23. The van der Waals surface area contributed by atoms with Crippen molar-refractivity contribution >= 4 is 22.9 Å². The van der Waals surface area contributed by atoms with Crippen molar-refractivity contribution in [3.8, 4) is 11.1 Å². The summed E-state index contributed by atoms with van der Waals surface area (Å²) in [6.07, 6.45) is 6.50. The van der Waals surface area contributed by atoms with E-state index in [0.29, 0.717) is 11.4 Å². The maximum atomic E-state index is 12.7. The van der Waals surface area contributed by atoms with Crippen molar-refractivity contribution in [3.63, 3.8) is 0 Å². The average molecular weight is 448 g/mol. The van der Waals surface area contributed by atoms with Gasteiger partial charge in [-0.1, -0.05) is 44.2 Å². The summed E-state index contributed by atoms with van der Waals surface area (Å²) in [5, 5.41) is 9.57. The highest BCUT2D eigenvalue weighted by atomic mass is 32.1. The Balaban J connectivity index is 1.46. The van der Waals surface area contributed by atoms with Gasteiger partial charge in [0, 0.05) is 43.0 Å². The molecule has 0 spiro atoms. The number of thiophene rings is 1. The number of hydrogen-bond acceptors (Lipinski definition) is 5. The molecule has 0 aliphatic carbocycles. The van der Waals surface area contributed by atoms with Gasteiger partial charge in [0.15, 0.2) is 5.65 Å². The van der Waals surface area contributed by atoms with Gasteiger partial charge in [0.2, 0.25) is 0 Å². The van der Waals surface area contributed by atoms with E-state index >= 15 is 0 Å². The maximum absolute atomic E-state index is 12.7. The van der Waals surface area contributed by atoms with Crippen molar-refractivity contribution in [2.75, 3.05) is 27.2 Å². The molecule has 1 aromatic carbocycles. The molecule has 0 aliphatic heterocycles. The minimum atomic E-state index is -0.0358. The van der Waals surface area contributed by atoms with E-state index in [1.807, 2.05) is 66.8 Å². The van der Waals surface area contributed by atoms with Crippen LogP contribution in [0.4, 0.5) is 0 Å². The van der Waals surface area contributed by atoms with E-state index in [4.69, 9.17) is 0 Å². The Morgan fingerprint density at radius 3 is 2.69 bits per heavy atom. The van der Waals surface area contributed by atoms with Crippen LogP contribution in [0.15, 0.2) is 60.4 Å². The third-order valence-corrected chi connectivity index (χ3v) is 6.22. The summed E-state index contributed by atoms with van der Waals surface area (Å²) in [7, 11) is 4.09. The molecule has 0 saturated heterocycles. The van der Waals surface area contributed by atoms with Crippen LogP contribution in [0.1, 0.15) is 34.6 Å². The van der Waals surface area contributed by atoms with Gasteiger partial charge in [0.1, 0.15) is 0 Å². The monoisotopic (exact) mass is 447 g/mol. The highest BCUT2D eigenvalue weighted by Crippen LogP contribution is 2.26. The van der Waals surface area contributed by atoms with Crippen LogP contribution in [0.5, 0.6) is 0 Å². The van der Waals surface area contributed by atoms with Crippen LogP contribution in [0, 0.1) is 5.41 Å². The van der Waals surface area contributed by atoms with E-state index in [9.17, 15) is 4.79 Å². The molecule has 166 valence electrons. The highest BCUT2D eigenvalue weighted by molar-refractivity contribution is 7.12. The molecule has 3 aromatic heterocycles. The number of nitrogens with zero attached hydrogens (tertiary/aromatic N) is 4. The predicted octanol–water partition coefficient (Wildman–Crippen LogP) is 4.37. The summed E-state index contributed by atoms with van der Waals surface area (Å²) in [5.74, 6) is -0.0358. The van der Waals surface area contributed by atoms with Gasteiger partial charge in [-0.25, -0.2) is 9.50 Å². The zero-order valence-electron chi connectivity index (χ0n) is 19.0. The molecule has 4 rings (SSSR count). The smallest absolute Gasteiger partial charge is 0.261 e. The number of carbonyl (C=O) groups excluding carboxylic acids is 1. The number of fused-ring (bicyclic) bond motifs is 1. The van der Waals surface area contributed by atoms with E-state index in [-0.39, 0.29) is 11.3 Å². The minimum absolute atomic E-state index is 0.00571. The molecule has 0 fully saturated rings. The van der Waals surface area contributed by atoms with E-state index in [1.54, 1.807) is 0 Å². The second-order valence-electron chi connectivity index (χ2n) is 9.23. The molecule has 32 heavy (non-hydrogen) atoms. The van der Waals surface area contributed by atoms with Crippen molar-refractivity contribution in [3.05, 3.63) is 76.4 Å². The van der Waals surface area contributed by atoms with Crippen LogP contribution < -0.4 is 5.32 Å². The molecule has 6 nitrogen and oxygen atoms in total. The Morgan fingerprint density at radius 2 is 1.94 bits per heavy atom. The lowest BCUT2D eigenvalue weighted by atomic mass is 9.93. The first-order chi connectivity index (χ1) is 15.3. The lowest BCUT2D eigenvalue weighted by molar-refractivity contribution is 0.0933. The van der Waals surface area contributed by atoms with Gasteiger partial charge in [-0.15, -0.1) is 11.3 Å². The van der Waals surface area contributed by atoms with E-state index in [2.05, 4.69) is 46.3 Å². The molecule has 0 atom stereocenters.